The van der Waals surface area contributed by atoms with E-state index in [0.29, 0.717) is 12.4 Å². The molecule has 74 valence electrons. The lowest BCUT2D eigenvalue weighted by molar-refractivity contribution is 0.345. The third-order valence-corrected chi connectivity index (χ3v) is 3.69. The van der Waals surface area contributed by atoms with Gasteiger partial charge >= 0.3 is 0 Å². The molecule has 0 aliphatic rings. The highest BCUT2D eigenvalue weighted by Crippen LogP contribution is 2.36. The summed E-state index contributed by atoms with van der Waals surface area (Å²) in [6, 6.07) is 3.73. The fourth-order valence-electron chi connectivity index (χ4n) is 1.28. The topological polar surface area (TPSA) is 29.5 Å². The highest BCUT2D eigenvalue weighted by Gasteiger charge is 2.08. The van der Waals surface area contributed by atoms with Gasteiger partial charge in [-0.05, 0) is 41.6 Å². The molecule has 2 aromatic rings. The Kier molecular flexibility index (Phi) is 2.83. The second-order valence-electron chi connectivity index (χ2n) is 2.83. The molecule has 0 amide bonds. The standard InChI is InChI=1S/C10H9IO2S/c1-2-13-9-5-14-10-4-8(12)7(11)3-6(9)10/h3-5,12H,2H2,1H3. The lowest BCUT2D eigenvalue weighted by Gasteiger charge is -2.01. The van der Waals surface area contributed by atoms with Gasteiger partial charge < -0.3 is 9.84 Å². The number of benzene rings is 1. The van der Waals surface area contributed by atoms with Crippen molar-refractivity contribution in [1.29, 1.82) is 0 Å². The van der Waals surface area contributed by atoms with Crippen LogP contribution in [0.1, 0.15) is 6.92 Å². The van der Waals surface area contributed by atoms with Gasteiger partial charge in [-0.2, -0.15) is 0 Å². The first-order chi connectivity index (χ1) is 6.72. The molecule has 0 saturated heterocycles. The van der Waals surface area contributed by atoms with Crippen molar-refractivity contribution in [2.45, 2.75) is 6.92 Å². The number of aromatic hydroxyl groups is 1. The Bertz CT molecular complexity index is 464. The number of phenolic OH excluding ortho intramolecular Hbond substituents is 1. The maximum absolute atomic E-state index is 9.51. The van der Waals surface area contributed by atoms with Gasteiger partial charge in [0.2, 0.25) is 0 Å². The monoisotopic (exact) mass is 320 g/mol. The number of rotatable bonds is 2. The maximum atomic E-state index is 9.51. The summed E-state index contributed by atoms with van der Waals surface area (Å²) < 4.78 is 7.40. The van der Waals surface area contributed by atoms with Gasteiger partial charge in [0.1, 0.15) is 11.5 Å². The molecule has 0 radical (unpaired) electrons. The van der Waals surface area contributed by atoms with Crippen molar-refractivity contribution >= 4 is 44.0 Å². The zero-order chi connectivity index (χ0) is 10.1. The van der Waals surface area contributed by atoms with Crippen molar-refractivity contribution in [3.63, 3.8) is 0 Å². The number of phenols is 1. The Labute approximate surface area is 99.7 Å². The predicted molar refractivity (Wildman–Crippen MR) is 67.4 cm³/mol. The average Bonchev–Trinajstić information content (AvgIpc) is 2.51. The summed E-state index contributed by atoms with van der Waals surface area (Å²) in [7, 11) is 0. The summed E-state index contributed by atoms with van der Waals surface area (Å²) in [5.41, 5.74) is 0. The van der Waals surface area contributed by atoms with E-state index in [9.17, 15) is 5.11 Å². The van der Waals surface area contributed by atoms with Gasteiger partial charge in [0.05, 0.1) is 10.2 Å². The number of thiophene rings is 1. The zero-order valence-corrected chi connectivity index (χ0v) is 10.6. The lowest BCUT2D eigenvalue weighted by atomic mass is 10.2. The van der Waals surface area contributed by atoms with E-state index in [1.165, 1.54) is 0 Å². The Morgan fingerprint density at radius 1 is 1.50 bits per heavy atom. The van der Waals surface area contributed by atoms with Crippen molar-refractivity contribution < 1.29 is 9.84 Å². The summed E-state index contributed by atoms with van der Waals surface area (Å²) in [6.45, 7) is 2.64. The smallest absolute Gasteiger partial charge is 0.137 e. The molecule has 14 heavy (non-hydrogen) atoms. The highest BCUT2D eigenvalue weighted by molar-refractivity contribution is 14.1. The summed E-state index contributed by atoms with van der Waals surface area (Å²) in [5.74, 6) is 1.24. The molecular weight excluding hydrogens is 311 g/mol. The lowest BCUT2D eigenvalue weighted by Crippen LogP contribution is -1.89. The average molecular weight is 320 g/mol. The van der Waals surface area contributed by atoms with E-state index in [1.807, 2.05) is 18.4 Å². The quantitative estimate of drug-likeness (QED) is 0.857. The fraction of sp³-hybridized carbons (Fsp3) is 0.200. The van der Waals surface area contributed by atoms with Gasteiger partial charge in [0, 0.05) is 15.5 Å². The Morgan fingerprint density at radius 3 is 3.00 bits per heavy atom. The molecule has 4 heteroatoms. The van der Waals surface area contributed by atoms with Crippen LogP contribution in [0.5, 0.6) is 11.5 Å². The van der Waals surface area contributed by atoms with Gasteiger partial charge in [0.25, 0.3) is 0 Å². The van der Waals surface area contributed by atoms with E-state index < -0.39 is 0 Å². The van der Waals surface area contributed by atoms with Crippen LogP contribution < -0.4 is 4.74 Å². The van der Waals surface area contributed by atoms with E-state index in [1.54, 1.807) is 17.4 Å². The third-order valence-electron chi connectivity index (χ3n) is 1.91. The van der Waals surface area contributed by atoms with Crippen LogP contribution in [0, 0.1) is 3.57 Å². The molecule has 2 nitrogen and oxygen atoms in total. The molecule has 0 unspecified atom stereocenters. The first-order valence-corrected chi connectivity index (χ1v) is 6.20. The summed E-state index contributed by atoms with van der Waals surface area (Å²) in [5, 5.41) is 12.6. The minimum Gasteiger partial charge on any atom is -0.507 e. The van der Waals surface area contributed by atoms with Gasteiger partial charge in [-0.1, -0.05) is 0 Å². The minimum atomic E-state index is 0.336. The van der Waals surface area contributed by atoms with Crippen molar-refractivity contribution in [1.82, 2.24) is 0 Å². The second kappa shape index (κ2) is 3.94. The van der Waals surface area contributed by atoms with Gasteiger partial charge in [-0.15, -0.1) is 11.3 Å². The molecule has 0 atom stereocenters. The molecule has 1 N–H and O–H groups in total. The normalized spacial score (nSPS) is 10.7. The van der Waals surface area contributed by atoms with Crippen molar-refractivity contribution in [2.24, 2.45) is 0 Å². The SMILES string of the molecule is CCOc1csc2cc(O)c(I)cc12. The largest absolute Gasteiger partial charge is 0.507 e. The summed E-state index contributed by atoms with van der Waals surface area (Å²) in [4.78, 5) is 0. The Balaban J connectivity index is 2.61. The summed E-state index contributed by atoms with van der Waals surface area (Å²) >= 11 is 3.70. The number of hydrogen-bond donors (Lipinski definition) is 1. The van der Waals surface area contributed by atoms with Crippen molar-refractivity contribution in [3.05, 3.63) is 21.1 Å². The molecule has 1 aromatic carbocycles. The molecule has 2 rings (SSSR count). The Morgan fingerprint density at radius 2 is 2.29 bits per heavy atom. The zero-order valence-electron chi connectivity index (χ0n) is 7.58. The van der Waals surface area contributed by atoms with Crippen molar-refractivity contribution in [2.75, 3.05) is 6.61 Å². The molecule has 0 aliphatic carbocycles. The Hall–Kier alpha value is -0.490. The van der Waals surface area contributed by atoms with Crippen LogP contribution >= 0.6 is 33.9 Å². The second-order valence-corrected chi connectivity index (χ2v) is 4.91. The summed E-state index contributed by atoms with van der Waals surface area (Å²) in [6.07, 6.45) is 0. The van der Waals surface area contributed by atoms with Gasteiger partial charge in [-0.25, -0.2) is 0 Å². The van der Waals surface area contributed by atoms with E-state index in [2.05, 4.69) is 22.6 Å². The van der Waals surface area contributed by atoms with Crippen molar-refractivity contribution in [3.8, 4) is 11.5 Å². The minimum absolute atomic E-state index is 0.336. The fourth-order valence-corrected chi connectivity index (χ4v) is 2.64. The maximum Gasteiger partial charge on any atom is 0.137 e. The number of halogens is 1. The molecule has 0 bridgehead atoms. The molecule has 1 aromatic heterocycles. The van der Waals surface area contributed by atoms with E-state index in [-0.39, 0.29) is 0 Å². The first-order valence-electron chi connectivity index (χ1n) is 4.25. The van der Waals surface area contributed by atoms with Gasteiger partial charge in [-0.3, -0.25) is 0 Å². The van der Waals surface area contributed by atoms with Crippen LogP contribution in [0.4, 0.5) is 0 Å². The number of fused-ring (bicyclic) bond motifs is 1. The molecule has 0 spiro atoms. The van der Waals surface area contributed by atoms with E-state index in [0.717, 1.165) is 19.4 Å². The number of ether oxygens (including phenoxy) is 1. The van der Waals surface area contributed by atoms with Crippen LogP contribution in [0.25, 0.3) is 10.1 Å². The molecular formula is C10H9IO2S. The van der Waals surface area contributed by atoms with Crippen LogP contribution in [-0.4, -0.2) is 11.7 Å². The van der Waals surface area contributed by atoms with Crippen LogP contribution in [-0.2, 0) is 0 Å². The molecule has 1 heterocycles. The molecule has 0 aliphatic heterocycles. The van der Waals surface area contributed by atoms with E-state index in [4.69, 9.17) is 4.74 Å². The van der Waals surface area contributed by atoms with Gasteiger partial charge in [0.15, 0.2) is 0 Å². The molecule has 0 saturated carbocycles. The van der Waals surface area contributed by atoms with Crippen LogP contribution in [0.2, 0.25) is 0 Å². The van der Waals surface area contributed by atoms with Crippen LogP contribution in [0.15, 0.2) is 17.5 Å². The number of hydrogen-bond acceptors (Lipinski definition) is 3. The third kappa shape index (κ3) is 1.68. The molecule has 0 fully saturated rings. The van der Waals surface area contributed by atoms with E-state index >= 15 is 0 Å². The van der Waals surface area contributed by atoms with Crippen LogP contribution in [0.3, 0.4) is 0 Å². The highest BCUT2D eigenvalue weighted by atomic mass is 127. The predicted octanol–water partition coefficient (Wildman–Crippen LogP) is 3.61. The first kappa shape index (κ1) is 10.0.